The molecule has 0 aliphatic carbocycles. The van der Waals surface area contributed by atoms with E-state index in [0.717, 1.165) is 0 Å². The highest BCUT2D eigenvalue weighted by Gasteiger charge is 2.25. The lowest BCUT2D eigenvalue weighted by atomic mass is 10.2. The monoisotopic (exact) mass is 334 g/mol. The van der Waals surface area contributed by atoms with Crippen molar-refractivity contribution in [3.63, 3.8) is 0 Å². The van der Waals surface area contributed by atoms with Crippen molar-refractivity contribution in [2.24, 2.45) is 5.92 Å². The molecular weight excluding hydrogens is 312 g/mol. The molecule has 1 aliphatic rings. The van der Waals surface area contributed by atoms with Crippen molar-refractivity contribution < 1.29 is 13.2 Å². The van der Waals surface area contributed by atoms with E-state index in [1.807, 2.05) is 0 Å². The summed E-state index contributed by atoms with van der Waals surface area (Å²) in [5.74, 6) is 1.15. The zero-order valence-electron chi connectivity index (χ0n) is 12.4. The Morgan fingerprint density at radius 3 is 2.29 bits per heavy atom. The molecule has 2 rings (SSSR count). The third-order valence-corrected chi connectivity index (χ3v) is 5.03. The highest BCUT2D eigenvalue weighted by atomic mass is 35.5. The van der Waals surface area contributed by atoms with E-state index in [1.54, 1.807) is 24.3 Å². The van der Waals surface area contributed by atoms with E-state index < -0.39 is 10.0 Å². The number of nitrogens with zero attached hydrogens (tertiary/aromatic N) is 1. The fraction of sp³-hybridized carbons (Fsp3) is 0.571. The number of ether oxygens (including phenoxy) is 1. The number of nitrogens with one attached hydrogen (secondary N) is 1. The number of hydrogen-bond acceptors (Lipinski definition) is 4. The van der Waals surface area contributed by atoms with Gasteiger partial charge in [0.15, 0.2) is 0 Å². The molecule has 1 aromatic rings. The number of hydrogen-bond donors (Lipinski definition) is 1. The molecule has 0 spiro atoms. The maximum atomic E-state index is 12.4. The highest BCUT2D eigenvalue weighted by Crippen LogP contribution is 2.20. The van der Waals surface area contributed by atoms with Gasteiger partial charge in [0.05, 0.1) is 11.5 Å². The molecule has 0 amide bonds. The van der Waals surface area contributed by atoms with Gasteiger partial charge in [0.25, 0.3) is 0 Å². The number of benzene rings is 1. The average Bonchev–Trinajstić information content (AvgIpc) is 2.46. The highest BCUT2D eigenvalue weighted by molar-refractivity contribution is 7.89. The zero-order valence-corrected chi connectivity index (χ0v) is 14.0. The normalized spacial score (nSPS) is 16.5. The maximum absolute atomic E-state index is 12.4. The van der Waals surface area contributed by atoms with E-state index in [4.69, 9.17) is 4.74 Å². The Morgan fingerprint density at radius 2 is 1.76 bits per heavy atom. The summed E-state index contributed by atoms with van der Waals surface area (Å²) in [7, 11) is -3.37. The maximum Gasteiger partial charge on any atom is 0.243 e. The Balaban J connectivity index is 0.00000220. The standard InChI is InChI=1S/C14H22N2O3S.ClH/c1-12(2)11-19-13-3-5-14(6-4-13)20(17,18)16-9-7-15-8-10-16;/h3-6,12,15H,7-11H2,1-2H3;1H. The summed E-state index contributed by atoms with van der Waals surface area (Å²) in [5.41, 5.74) is 0. The van der Waals surface area contributed by atoms with Gasteiger partial charge < -0.3 is 10.1 Å². The second kappa shape index (κ2) is 7.98. The van der Waals surface area contributed by atoms with Gasteiger partial charge in [-0.3, -0.25) is 0 Å². The van der Waals surface area contributed by atoms with E-state index in [1.165, 1.54) is 4.31 Å². The number of rotatable bonds is 5. The zero-order chi connectivity index (χ0) is 14.6. The molecule has 0 aromatic heterocycles. The largest absolute Gasteiger partial charge is 0.493 e. The Morgan fingerprint density at radius 1 is 1.19 bits per heavy atom. The van der Waals surface area contributed by atoms with Crippen molar-refractivity contribution in [2.75, 3.05) is 32.8 Å². The molecule has 0 unspecified atom stereocenters. The van der Waals surface area contributed by atoms with Crippen LogP contribution in [0.2, 0.25) is 0 Å². The number of halogens is 1. The molecule has 1 aliphatic heterocycles. The molecule has 1 heterocycles. The quantitative estimate of drug-likeness (QED) is 0.891. The smallest absolute Gasteiger partial charge is 0.243 e. The van der Waals surface area contributed by atoms with Crippen molar-refractivity contribution in [3.05, 3.63) is 24.3 Å². The lowest BCUT2D eigenvalue weighted by Crippen LogP contribution is -2.46. The molecule has 1 N–H and O–H groups in total. The van der Waals surface area contributed by atoms with Gasteiger partial charge in [-0.2, -0.15) is 4.31 Å². The summed E-state index contributed by atoms with van der Waals surface area (Å²) < 4.78 is 31.9. The van der Waals surface area contributed by atoms with E-state index >= 15 is 0 Å². The molecule has 0 atom stereocenters. The summed E-state index contributed by atoms with van der Waals surface area (Å²) in [4.78, 5) is 0.330. The molecule has 1 fully saturated rings. The second-order valence-corrected chi connectivity index (χ2v) is 7.27. The number of piperazine rings is 1. The molecule has 1 aromatic carbocycles. The third-order valence-electron chi connectivity index (χ3n) is 3.12. The molecule has 21 heavy (non-hydrogen) atoms. The first kappa shape index (κ1) is 18.2. The van der Waals surface area contributed by atoms with Crippen molar-refractivity contribution >= 4 is 22.4 Å². The van der Waals surface area contributed by atoms with Crippen molar-refractivity contribution in [3.8, 4) is 5.75 Å². The van der Waals surface area contributed by atoms with Crippen LogP contribution in [0.3, 0.4) is 0 Å². The summed E-state index contributed by atoms with van der Waals surface area (Å²) in [6.45, 7) is 7.22. The Hall–Kier alpha value is -0.820. The number of sulfonamides is 1. The van der Waals surface area contributed by atoms with E-state index in [9.17, 15) is 8.42 Å². The lowest BCUT2D eigenvalue weighted by molar-refractivity contribution is 0.271. The summed E-state index contributed by atoms with van der Waals surface area (Å²) in [5, 5.41) is 3.15. The van der Waals surface area contributed by atoms with Crippen LogP contribution in [0.4, 0.5) is 0 Å². The van der Waals surface area contributed by atoms with Crippen LogP contribution in [0.15, 0.2) is 29.2 Å². The predicted octanol–water partition coefficient (Wildman–Crippen LogP) is 1.74. The van der Waals surface area contributed by atoms with Crippen LogP contribution >= 0.6 is 12.4 Å². The SMILES string of the molecule is CC(C)COc1ccc(S(=O)(=O)N2CCNCC2)cc1.Cl. The second-order valence-electron chi connectivity index (χ2n) is 5.33. The topological polar surface area (TPSA) is 58.6 Å². The summed E-state index contributed by atoms with van der Waals surface area (Å²) in [6, 6.07) is 6.68. The first-order valence-electron chi connectivity index (χ1n) is 6.94. The molecule has 0 bridgehead atoms. The Kier molecular flexibility index (Phi) is 6.93. The van der Waals surface area contributed by atoms with Gasteiger partial charge >= 0.3 is 0 Å². The van der Waals surface area contributed by atoms with E-state index in [-0.39, 0.29) is 12.4 Å². The fourth-order valence-corrected chi connectivity index (χ4v) is 3.45. The lowest BCUT2D eigenvalue weighted by Gasteiger charge is -2.26. The van der Waals surface area contributed by atoms with E-state index in [0.29, 0.717) is 49.3 Å². The van der Waals surface area contributed by atoms with E-state index in [2.05, 4.69) is 19.2 Å². The van der Waals surface area contributed by atoms with Crippen molar-refractivity contribution in [1.82, 2.24) is 9.62 Å². The first-order valence-corrected chi connectivity index (χ1v) is 8.38. The molecule has 5 nitrogen and oxygen atoms in total. The molecule has 120 valence electrons. The molecule has 1 saturated heterocycles. The van der Waals surface area contributed by atoms with Crippen LogP contribution in [0.1, 0.15) is 13.8 Å². The van der Waals surface area contributed by atoms with Gasteiger partial charge in [-0.15, -0.1) is 12.4 Å². The van der Waals surface area contributed by atoms with Gasteiger partial charge in [0, 0.05) is 26.2 Å². The van der Waals surface area contributed by atoms with Gasteiger partial charge in [-0.25, -0.2) is 8.42 Å². The minimum absolute atomic E-state index is 0. The van der Waals surface area contributed by atoms with Crippen LogP contribution < -0.4 is 10.1 Å². The van der Waals surface area contributed by atoms with Gasteiger partial charge in [-0.05, 0) is 30.2 Å². The Labute approximate surface area is 133 Å². The van der Waals surface area contributed by atoms with Gasteiger partial charge in [-0.1, -0.05) is 13.8 Å². The minimum atomic E-state index is -3.37. The first-order chi connectivity index (χ1) is 9.50. The third kappa shape index (κ3) is 4.85. The average molecular weight is 335 g/mol. The van der Waals surface area contributed by atoms with Crippen LogP contribution in [0.5, 0.6) is 5.75 Å². The predicted molar refractivity (Wildman–Crippen MR) is 85.7 cm³/mol. The van der Waals surface area contributed by atoms with Crippen molar-refractivity contribution in [2.45, 2.75) is 18.7 Å². The van der Waals surface area contributed by atoms with Gasteiger partial charge in [0.2, 0.25) is 10.0 Å². The minimum Gasteiger partial charge on any atom is -0.493 e. The van der Waals surface area contributed by atoms with Crippen molar-refractivity contribution in [1.29, 1.82) is 0 Å². The van der Waals surface area contributed by atoms with Crippen LogP contribution in [0, 0.1) is 5.92 Å². The van der Waals surface area contributed by atoms with Crippen LogP contribution in [0.25, 0.3) is 0 Å². The van der Waals surface area contributed by atoms with Crippen LogP contribution in [-0.4, -0.2) is 45.5 Å². The summed E-state index contributed by atoms with van der Waals surface area (Å²) in [6.07, 6.45) is 0. The Bertz CT molecular complexity index is 526. The van der Waals surface area contributed by atoms with Gasteiger partial charge in [0.1, 0.15) is 5.75 Å². The van der Waals surface area contributed by atoms with Crippen LogP contribution in [-0.2, 0) is 10.0 Å². The fourth-order valence-electron chi connectivity index (χ4n) is 2.00. The molecule has 0 saturated carbocycles. The summed E-state index contributed by atoms with van der Waals surface area (Å²) >= 11 is 0. The molecule has 0 radical (unpaired) electrons. The molecule has 7 heteroatoms. The molecular formula is C14H23ClN2O3S.